The molecular weight excluding hydrogens is 230 g/mol. The molecule has 1 aliphatic rings. The van der Waals surface area contributed by atoms with Crippen LogP contribution in [0.2, 0.25) is 0 Å². The second-order valence-corrected chi connectivity index (χ2v) is 5.61. The van der Waals surface area contributed by atoms with Crippen LogP contribution in [0.5, 0.6) is 0 Å². The van der Waals surface area contributed by atoms with Crippen molar-refractivity contribution in [3.8, 4) is 0 Å². The summed E-state index contributed by atoms with van der Waals surface area (Å²) < 4.78 is 0. The first-order chi connectivity index (χ1) is 9.30. The van der Waals surface area contributed by atoms with Crippen molar-refractivity contribution in [2.45, 2.75) is 58.9 Å². The number of hydrogen-bond donors (Lipinski definition) is 0. The fourth-order valence-electron chi connectivity index (χ4n) is 3.23. The van der Waals surface area contributed by atoms with E-state index in [1.54, 1.807) is 5.57 Å². The Morgan fingerprint density at radius 2 is 1.84 bits per heavy atom. The Balaban J connectivity index is 2.33. The van der Waals surface area contributed by atoms with E-state index in [2.05, 4.69) is 62.2 Å². The van der Waals surface area contributed by atoms with Crippen LogP contribution in [-0.4, -0.2) is 6.04 Å². The molecule has 0 saturated carbocycles. The predicted molar refractivity (Wildman–Crippen MR) is 84.4 cm³/mol. The van der Waals surface area contributed by atoms with Crippen LogP contribution in [0.4, 0.5) is 5.69 Å². The van der Waals surface area contributed by atoms with Crippen LogP contribution in [-0.2, 0) is 0 Å². The number of benzene rings is 1. The van der Waals surface area contributed by atoms with Gasteiger partial charge in [-0.3, -0.25) is 0 Å². The molecule has 2 atom stereocenters. The maximum Gasteiger partial charge on any atom is 0.0408 e. The summed E-state index contributed by atoms with van der Waals surface area (Å²) in [5.74, 6) is 0.806. The summed E-state index contributed by atoms with van der Waals surface area (Å²) in [6.45, 7) is 6.92. The van der Waals surface area contributed by atoms with E-state index in [4.69, 9.17) is 0 Å². The number of nitrogens with zero attached hydrogens (tertiary/aromatic N) is 1. The molecule has 0 N–H and O–H groups in total. The third kappa shape index (κ3) is 3.20. The van der Waals surface area contributed by atoms with E-state index >= 15 is 0 Å². The number of rotatable bonds is 5. The van der Waals surface area contributed by atoms with Crippen molar-refractivity contribution in [3.05, 3.63) is 42.1 Å². The molecule has 0 amide bonds. The summed E-state index contributed by atoms with van der Waals surface area (Å²) in [5.41, 5.74) is 2.95. The largest absolute Gasteiger partial charge is 0.345 e. The molecule has 1 aromatic rings. The molecule has 0 bridgehead atoms. The van der Waals surface area contributed by atoms with Gasteiger partial charge < -0.3 is 4.90 Å². The van der Waals surface area contributed by atoms with Gasteiger partial charge in [0.15, 0.2) is 0 Å². The molecule has 1 aliphatic heterocycles. The van der Waals surface area contributed by atoms with Crippen molar-refractivity contribution in [1.82, 2.24) is 0 Å². The highest BCUT2D eigenvalue weighted by molar-refractivity contribution is 5.52. The maximum atomic E-state index is 2.54. The first-order valence-electron chi connectivity index (χ1n) is 7.83. The molecular formula is C18H27N. The smallest absolute Gasteiger partial charge is 0.0408 e. The average molecular weight is 257 g/mol. The number of allylic oxidation sites excluding steroid dienone is 1. The van der Waals surface area contributed by atoms with Gasteiger partial charge in [-0.25, -0.2) is 0 Å². The Bertz CT molecular complexity index is 407. The Morgan fingerprint density at radius 1 is 1.11 bits per heavy atom. The molecule has 1 heteroatoms. The Morgan fingerprint density at radius 3 is 2.42 bits per heavy atom. The van der Waals surface area contributed by atoms with Gasteiger partial charge in [0.05, 0.1) is 0 Å². The number of para-hydroxylation sites is 1. The Kier molecular flexibility index (Phi) is 5.07. The van der Waals surface area contributed by atoms with Crippen LogP contribution in [0.1, 0.15) is 52.9 Å². The van der Waals surface area contributed by atoms with Crippen LogP contribution in [0, 0.1) is 5.92 Å². The summed E-state index contributed by atoms with van der Waals surface area (Å²) in [6, 6.07) is 11.5. The van der Waals surface area contributed by atoms with Crippen molar-refractivity contribution in [3.63, 3.8) is 0 Å². The summed E-state index contributed by atoms with van der Waals surface area (Å²) in [7, 11) is 0. The molecule has 1 heterocycles. The minimum absolute atomic E-state index is 0.674. The van der Waals surface area contributed by atoms with Crippen LogP contribution in [0.25, 0.3) is 0 Å². The molecule has 1 aromatic carbocycles. The first-order valence-corrected chi connectivity index (χ1v) is 7.83. The molecule has 0 aromatic heterocycles. The van der Waals surface area contributed by atoms with E-state index in [0.29, 0.717) is 6.04 Å². The SMILES string of the molecule is CCCC1C(CC)CC(CC)=CN1c1ccccc1. The fraction of sp³-hybridized carbons (Fsp3) is 0.556. The average Bonchev–Trinajstić information content (AvgIpc) is 2.48. The number of anilines is 1. The highest BCUT2D eigenvalue weighted by Crippen LogP contribution is 2.35. The molecule has 2 rings (SSSR count). The minimum atomic E-state index is 0.674. The van der Waals surface area contributed by atoms with Crippen molar-refractivity contribution >= 4 is 5.69 Å². The zero-order valence-corrected chi connectivity index (χ0v) is 12.6. The second-order valence-electron chi connectivity index (χ2n) is 5.61. The Labute approximate surface area is 118 Å². The van der Waals surface area contributed by atoms with E-state index in [1.165, 1.54) is 37.8 Å². The van der Waals surface area contributed by atoms with Crippen molar-refractivity contribution < 1.29 is 0 Å². The van der Waals surface area contributed by atoms with Gasteiger partial charge in [0.1, 0.15) is 0 Å². The summed E-state index contributed by atoms with van der Waals surface area (Å²) >= 11 is 0. The van der Waals surface area contributed by atoms with Gasteiger partial charge >= 0.3 is 0 Å². The molecule has 0 spiro atoms. The fourth-order valence-corrected chi connectivity index (χ4v) is 3.23. The van der Waals surface area contributed by atoms with Crippen LogP contribution < -0.4 is 4.90 Å². The molecule has 1 nitrogen and oxygen atoms in total. The third-order valence-electron chi connectivity index (χ3n) is 4.36. The molecule has 0 fully saturated rings. The second kappa shape index (κ2) is 6.79. The van der Waals surface area contributed by atoms with Crippen LogP contribution in [0.15, 0.2) is 42.1 Å². The van der Waals surface area contributed by atoms with Gasteiger partial charge in [-0.05, 0) is 37.3 Å². The summed E-state index contributed by atoms with van der Waals surface area (Å²) in [5, 5.41) is 0. The molecule has 0 saturated heterocycles. The highest BCUT2D eigenvalue weighted by Gasteiger charge is 2.29. The van der Waals surface area contributed by atoms with E-state index in [9.17, 15) is 0 Å². The lowest BCUT2D eigenvalue weighted by atomic mass is 9.83. The van der Waals surface area contributed by atoms with Gasteiger partial charge in [-0.2, -0.15) is 0 Å². The lowest BCUT2D eigenvalue weighted by molar-refractivity contribution is 0.358. The lowest BCUT2D eigenvalue weighted by Gasteiger charge is -2.41. The van der Waals surface area contributed by atoms with E-state index < -0.39 is 0 Å². The van der Waals surface area contributed by atoms with Gasteiger partial charge in [-0.15, -0.1) is 0 Å². The standard InChI is InChI=1S/C18H27N/c1-4-10-18-16(6-3)13-15(5-2)14-19(18)17-11-8-7-9-12-17/h7-9,11-12,14,16,18H,4-6,10,13H2,1-3H3. The lowest BCUT2D eigenvalue weighted by Crippen LogP contribution is -2.40. The molecule has 104 valence electrons. The van der Waals surface area contributed by atoms with Crippen LogP contribution in [0.3, 0.4) is 0 Å². The quantitative estimate of drug-likeness (QED) is 0.684. The molecule has 19 heavy (non-hydrogen) atoms. The van der Waals surface area contributed by atoms with Gasteiger partial charge in [-0.1, -0.05) is 57.4 Å². The zero-order valence-electron chi connectivity index (χ0n) is 12.6. The van der Waals surface area contributed by atoms with Gasteiger partial charge in [0.25, 0.3) is 0 Å². The maximum absolute atomic E-state index is 2.54. The Hall–Kier alpha value is -1.24. The van der Waals surface area contributed by atoms with Crippen molar-refractivity contribution in [2.75, 3.05) is 4.90 Å². The topological polar surface area (TPSA) is 3.24 Å². The molecule has 0 radical (unpaired) electrons. The van der Waals surface area contributed by atoms with E-state index in [1.807, 2.05) is 0 Å². The van der Waals surface area contributed by atoms with Crippen molar-refractivity contribution in [2.24, 2.45) is 5.92 Å². The van der Waals surface area contributed by atoms with Gasteiger partial charge in [0, 0.05) is 17.9 Å². The highest BCUT2D eigenvalue weighted by atomic mass is 15.2. The summed E-state index contributed by atoms with van der Waals surface area (Å²) in [6.07, 6.45) is 8.73. The minimum Gasteiger partial charge on any atom is -0.345 e. The summed E-state index contributed by atoms with van der Waals surface area (Å²) in [4.78, 5) is 2.54. The van der Waals surface area contributed by atoms with E-state index in [-0.39, 0.29) is 0 Å². The third-order valence-corrected chi connectivity index (χ3v) is 4.36. The van der Waals surface area contributed by atoms with Gasteiger partial charge in [0.2, 0.25) is 0 Å². The number of hydrogen-bond acceptors (Lipinski definition) is 1. The van der Waals surface area contributed by atoms with E-state index in [0.717, 1.165) is 5.92 Å². The van der Waals surface area contributed by atoms with Crippen molar-refractivity contribution in [1.29, 1.82) is 0 Å². The predicted octanol–water partition coefficient (Wildman–Crippen LogP) is 5.39. The molecule has 2 unspecified atom stereocenters. The first kappa shape index (κ1) is 14.2. The zero-order chi connectivity index (χ0) is 13.7. The molecule has 0 aliphatic carbocycles. The normalized spacial score (nSPS) is 23.3. The van der Waals surface area contributed by atoms with Crippen LogP contribution >= 0.6 is 0 Å². The monoisotopic (exact) mass is 257 g/mol.